The van der Waals surface area contributed by atoms with Crippen molar-refractivity contribution < 1.29 is 13.9 Å². The van der Waals surface area contributed by atoms with Gasteiger partial charge in [-0.05, 0) is 52.3 Å². The van der Waals surface area contributed by atoms with E-state index in [0.717, 1.165) is 10.9 Å². The van der Waals surface area contributed by atoms with E-state index in [2.05, 4.69) is 5.32 Å². The Labute approximate surface area is 130 Å². The molecule has 0 spiro atoms. The molecule has 5 heteroatoms. The third-order valence-electron chi connectivity index (χ3n) is 3.46. The van der Waals surface area contributed by atoms with Gasteiger partial charge in [0.15, 0.2) is 0 Å². The lowest BCUT2D eigenvalue weighted by atomic mass is 10.1. The Hall–Kier alpha value is -2.04. The highest BCUT2D eigenvalue weighted by atomic mass is 19.1. The highest BCUT2D eigenvalue weighted by Gasteiger charge is 2.18. The third-order valence-corrected chi connectivity index (χ3v) is 3.46. The van der Waals surface area contributed by atoms with E-state index in [1.807, 2.05) is 51.4 Å². The van der Waals surface area contributed by atoms with E-state index in [4.69, 9.17) is 4.74 Å². The van der Waals surface area contributed by atoms with Crippen molar-refractivity contribution in [1.82, 2.24) is 9.88 Å². The second-order valence-electron chi connectivity index (χ2n) is 6.58. The molecule has 0 radical (unpaired) electrons. The van der Waals surface area contributed by atoms with Crippen molar-refractivity contribution in [2.24, 2.45) is 0 Å². The number of hydrogen-bond donors (Lipinski definition) is 1. The maximum atomic E-state index is 14.1. The zero-order valence-corrected chi connectivity index (χ0v) is 13.7. The van der Waals surface area contributed by atoms with Gasteiger partial charge in [-0.3, -0.25) is 0 Å². The summed E-state index contributed by atoms with van der Waals surface area (Å²) in [6.07, 6.45) is 1.38. The molecule has 22 heavy (non-hydrogen) atoms. The summed E-state index contributed by atoms with van der Waals surface area (Å²) >= 11 is 0. The number of nitrogens with one attached hydrogen (secondary N) is 1. The minimum Gasteiger partial charge on any atom is -0.444 e. The molecule has 0 saturated heterocycles. The predicted molar refractivity (Wildman–Crippen MR) is 85.6 cm³/mol. The first-order valence-electron chi connectivity index (χ1n) is 7.41. The molecule has 2 aromatic rings. The Morgan fingerprint density at radius 2 is 2.05 bits per heavy atom. The van der Waals surface area contributed by atoms with Crippen molar-refractivity contribution in [3.8, 4) is 0 Å². The van der Waals surface area contributed by atoms with Crippen LogP contribution in [0.1, 0.15) is 39.3 Å². The summed E-state index contributed by atoms with van der Waals surface area (Å²) < 4.78 is 21.2. The van der Waals surface area contributed by atoms with E-state index < -0.39 is 11.7 Å². The van der Waals surface area contributed by atoms with Crippen molar-refractivity contribution in [3.05, 3.63) is 35.8 Å². The van der Waals surface area contributed by atoms with Crippen LogP contribution in [0.25, 0.3) is 10.9 Å². The van der Waals surface area contributed by atoms with Gasteiger partial charge in [0.2, 0.25) is 0 Å². The van der Waals surface area contributed by atoms with Crippen LogP contribution in [0.3, 0.4) is 0 Å². The molecular weight excluding hydrogens is 283 g/mol. The number of hydrogen-bond acceptors (Lipinski definition) is 2. The second-order valence-corrected chi connectivity index (χ2v) is 6.58. The van der Waals surface area contributed by atoms with Gasteiger partial charge in [0.05, 0.1) is 5.52 Å². The molecule has 1 N–H and O–H groups in total. The number of carbonyl (C=O) groups is 1. The van der Waals surface area contributed by atoms with Gasteiger partial charge in [-0.1, -0.05) is 6.07 Å². The lowest BCUT2D eigenvalue weighted by Crippen LogP contribution is -2.35. The van der Waals surface area contributed by atoms with Gasteiger partial charge >= 0.3 is 6.09 Å². The molecule has 2 rings (SSSR count). The number of benzene rings is 1. The zero-order chi connectivity index (χ0) is 16.5. The number of carbonyl (C=O) groups excluding carboxylic acids is 1. The van der Waals surface area contributed by atoms with Gasteiger partial charge in [0.25, 0.3) is 0 Å². The van der Waals surface area contributed by atoms with Crippen LogP contribution in [0.15, 0.2) is 24.4 Å². The summed E-state index contributed by atoms with van der Waals surface area (Å²) in [6, 6.07) is 5.06. The van der Waals surface area contributed by atoms with Gasteiger partial charge in [-0.25, -0.2) is 9.18 Å². The van der Waals surface area contributed by atoms with Gasteiger partial charge < -0.3 is 14.6 Å². The molecule has 1 atom stereocenters. The van der Waals surface area contributed by atoms with Gasteiger partial charge in [0.1, 0.15) is 11.4 Å². The summed E-state index contributed by atoms with van der Waals surface area (Å²) in [4.78, 5) is 11.7. The number of fused-ring (bicyclic) bond motifs is 1. The number of rotatable bonds is 3. The molecule has 0 aliphatic heterocycles. The molecule has 1 aromatic carbocycles. The largest absolute Gasteiger partial charge is 0.444 e. The average molecular weight is 306 g/mol. The zero-order valence-electron chi connectivity index (χ0n) is 13.7. The Morgan fingerprint density at radius 3 is 2.68 bits per heavy atom. The number of aromatic nitrogens is 1. The lowest BCUT2D eigenvalue weighted by molar-refractivity contribution is 0.0521. The van der Waals surface area contributed by atoms with Crippen LogP contribution in [-0.2, 0) is 4.74 Å². The molecule has 0 aliphatic rings. The first kappa shape index (κ1) is 16.3. The first-order chi connectivity index (χ1) is 10.2. The highest BCUT2D eigenvalue weighted by molar-refractivity contribution is 5.84. The van der Waals surface area contributed by atoms with Crippen molar-refractivity contribution in [1.29, 1.82) is 0 Å². The molecule has 0 saturated carbocycles. The van der Waals surface area contributed by atoms with Crippen LogP contribution in [0, 0.1) is 12.7 Å². The fourth-order valence-electron chi connectivity index (χ4n) is 2.40. The molecule has 0 bridgehead atoms. The summed E-state index contributed by atoms with van der Waals surface area (Å²) in [5.74, 6) is -0.255. The van der Waals surface area contributed by atoms with Crippen molar-refractivity contribution >= 4 is 17.0 Å². The molecule has 0 fully saturated rings. The van der Waals surface area contributed by atoms with Crippen molar-refractivity contribution in [2.75, 3.05) is 6.54 Å². The fourth-order valence-corrected chi connectivity index (χ4v) is 2.40. The summed E-state index contributed by atoms with van der Waals surface area (Å²) in [5, 5.41) is 3.61. The first-order valence-corrected chi connectivity index (χ1v) is 7.41. The van der Waals surface area contributed by atoms with Crippen LogP contribution in [0.5, 0.6) is 0 Å². The molecule has 1 heterocycles. The number of amides is 1. The third kappa shape index (κ3) is 3.59. The van der Waals surface area contributed by atoms with E-state index in [1.165, 1.54) is 6.07 Å². The van der Waals surface area contributed by atoms with Crippen LogP contribution >= 0.6 is 0 Å². The number of aryl methyl sites for hydroxylation is 1. The van der Waals surface area contributed by atoms with Crippen molar-refractivity contribution in [2.45, 2.75) is 46.3 Å². The average Bonchev–Trinajstić information content (AvgIpc) is 2.84. The number of nitrogens with zero attached hydrogens (tertiary/aromatic N) is 1. The molecule has 0 aliphatic carbocycles. The SMILES string of the molecule is Cc1ccc(F)c2c1ccn2[C@H](C)CNC(=O)OC(C)(C)C. The fraction of sp³-hybridized carbons (Fsp3) is 0.471. The maximum absolute atomic E-state index is 14.1. The molecule has 1 aromatic heterocycles. The Bertz CT molecular complexity index is 686. The number of halogens is 1. The van der Waals surface area contributed by atoms with Crippen LogP contribution < -0.4 is 5.32 Å². The monoisotopic (exact) mass is 306 g/mol. The van der Waals surface area contributed by atoms with Gasteiger partial charge in [-0.15, -0.1) is 0 Å². The molecule has 1 amide bonds. The molecule has 0 unspecified atom stereocenters. The summed E-state index contributed by atoms with van der Waals surface area (Å²) in [6.45, 7) is 9.69. The molecule has 120 valence electrons. The van der Waals surface area contributed by atoms with Crippen LogP contribution in [0.2, 0.25) is 0 Å². The number of ether oxygens (including phenoxy) is 1. The van der Waals surface area contributed by atoms with Gasteiger partial charge in [0, 0.05) is 24.2 Å². The minimum absolute atomic E-state index is 0.0821. The van der Waals surface area contributed by atoms with Crippen LogP contribution in [0.4, 0.5) is 9.18 Å². The minimum atomic E-state index is -0.531. The summed E-state index contributed by atoms with van der Waals surface area (Å²) in [7, 11) is 0. The Kier molecular flexibility index (Phi) is 4.44. The normalized spacial score (nSPS) is 13.2. The predicted octanol–water partition coefficient (Wildman–Crippen LogP) is 4.17. The quantitative estimate of drug-likeness (QED) is 0.924. The standard InChI is InChI=1S/C17H23FN2O2/c1-11-6-7-14(18)15-13(11)8-9-20(15)12(2)10-19-16(21)22-17(3,4)5/h6-9,12H,10H2,1-5H3,(H,19,21)/t12-/m1/s1. The number of alkyl carbamates (subject to hydrolysis) is 1. The molecule has 4 nitrogen and oxygen atoms in total. The van der Waals surface area contributed by atoms with E-state index in [9.17, 15) is 9.18 Å². The summed E-state index contributed by atoms with van der Waals surface area (Å²) in [5.41, 5.74) is 1.07. The van der Waals surface area contributed by atoms with E-state index in [-0.39, 0.29) is 11.9 Å². The second kappa shape index (κ2) is 5.99. The van der Waals surface area contributed by atoms with Gasteiger partial charge in [-0.2, -0.15) is 0 Å². The smallest absolute Gasteiger partial charge is 0.407 e. The Balaban J connectivity index is 2.12. The Morgan fingerprint density at radius 1 is 1.36 bits per heavy atom. The maximum Gasteiger partial charge on any atom is 0.407 e. The van der Waals surface area contributed by atoms with E-state index in [0.29, 0.717) is 12.1 Å². The topological polar surface area (TPSA) is 43.3 Å². The van der Waals surface area contributed by atoms with E-state index >= 15 is 0 Å². The highest BCUT2D eigenvalue weighted by Crippen LogP contribution is 2.25. The molecular formula is C17H23FN2O2. The van der Waals surface area contributed by atoms with Crippen LogP contribution in [-0.4, -0.2) is 22.8 Å². The van der Waals surface area contributed by atoms with Crippen molar-refractivity contribution in [3.63, 3.8) is 0 Å². The van der Waals surface area contributed by atoms with E-state index in [1.54, 1.807) is 6.07 Å². The lowest BCUT2D eigenvalue weighted by Gasteiger charge is -2.21.